The average molecular weight is 348 g/mol. The highest BCUT2D eigenvalue weighted by atomic mass is 35.5. The van der Waals surface area contributed by atoms with Crippen LogP contribution in [-0.2, 0) is 9.53 Å². The highest BCUT2D eigenvalue weighted by Gasteiger charge is 2.24. The molecule has 1 aliphatic rings. The van der Waals surface area contributed by atoms with E-state index in [-0.39, 0.29) is 11.6 Å². The van der Waals surface area contributed by atoms with Crippen molar-refractivity contribution in [3.8, 4) is 5.75 Å². The van der Waals surface area contributed by atoms with Crippen molar-refractivity contribution >= 4 is 41.1 Å². The molecule has 2 aromatic rings. The summed E-state index contributed by atoms with van der Waals surface area (Å²) in [4.78, 5) is 16.2. The Morgan fingerprint density at radius 2 is 1.83 bits per heavy atom. The van der Waals surface area contributed by atoms with Gasteiger partial charge in [0.1, 0.15) is 5.75 Å². The van der Waals surface area contributed by atoms with Crippen molar-refractivity contribution in [2.24, 2.45) is 4.99 Å². The zero-order valence-electron chi connectivity index (χ0n) is 12.0. The maximum Gasteiger partial charge on any atom is 0.363 e. The molecule has 6 heteroatoms. The Kier molecular flexibility index (Phi) is 4.37. The lowest BCUT2D eigenvalue weighted by Gasteiger charge is -2.01. The molecule has 1 aliphatic heterocycles. The molecule has 4 nitrogen and oxygen atoms in total. The summed E-state index contributed by atoms with van der Waals surface area (Å²) in [5, 5.41) is 0.858. The number of hydrogen-bond donors (Lipinski definition) is 0. The van der Waals surface area contributed by atoms with Gasteiger partial charge >= 0.3 is 5.97 Å². The van der Waals surface area contributed by atoms with Gasteiger partial charge < -0.3 is 9.47 Å². The second-order valence-electron chi connectivity index (χ2n) is 4.74. The van der Waals surface area contributed by atoms with Crippen molar-refractivity contribution in [1.29, 1.82) is 0 Å². The smallest absolute Gasteiger partial charge is 0.363 e. The summed E-state index contributed by atoms with van der Waals surface area (Å²) >= 11 is 11.8. The number of rotatable bonds is 3. The Balaban J connectivity index is 1.90. The van der Waals surface area contributed by atoms with Gasteiger partial charge in [-0.25, -0.2) is 9.79 Å². The number of benzene rings is 2. The van der Waals surface area contributed by atoms with E-state index in [9.17, 15) is 4.79 Å². The van der Waals surface area contributed by atoms with Crippen LogP contribution in [0.15, 0.2) is 53.2 Å². The third-order valence-electron chi connectivity index (χ3n) is 3.20. The van der Waals surface area contributed by atoms with Crippen molar-refractivity contribution in [3.63, 3.8) is 0 Å². The zero-order chi connectivity index (χ0) is 16.4. The summed E-state index contributed by atoms with van der Waals surface area (Å²) in [6, 6.07) is 12.1. The third-order valence-corrected chi connectivity index (χ3v) is 3.94. The lowest BCUT2D eigenvalue weighted by atomic mass is 10.2. The molecule has 0 saturated heterocycles. The lowest BCUT2D eigenvalue weighted by Crippen LogP contribution is -2.05. The number of nitrogens with zero attached hydrogens (tertiary/aromatic N) is 1. The largest absolute Gasteiger partial charge is 0.497 e. The Morgan fingerprint density at radius 3 is 2.48 bits per heavy atom. The van der Waals surface area contributed by atoms with E-state index in [1.807, 2.05) is 0 Å². The lowest BCUT2D eigenvalue weighted by molar-refractivity contribution is -0.129. The number of ether oxygens (including phenoxy) is 2. The van der Waals surface area contributed by atoms with E-state index in [0.717, 1.165) is 0 Å². The molecule has 0 saturated carbocycles. The van der Waals surface area contributed by atoms with Crippen LogP contribution in [0.1, 0.15) is 11.1 Å². The minimum absolute atomic E-state index is 0.203. The highest BCUT2D eigenvalue weighted by Crippen LogP contribution is 2.25. The van der Waals surface area contributed by atoms with E-state index in [0.29, 0.717) is 26.9 Å². The highest BCUT2D eigenvalue weighted by molar-refractivity contribution is 6.42. The minimum Gasteiger partial charge on any atom is -0.497 e. The molecule has 0 N–H and O–H groups in total. The summed E-state index contributed by atoms with van der Waals surface area (Å²) in [6.07, 6.45) is 1.60. The van der Waals surface area contributed by atoms with Gasteiger partial charge in [0.2, 0.25) is 5.90 Å². The molecule has 3 rings (SSSR count). The number of aliphatic imine (C=N–C) groups is 1. The fourth-order valence-electron chi connectivity index (χ4n) is 2.03. The normalized spacial score (nSPS) is 15.5. The Labute approximate surface area is 143 Å². The van der Waals surface area contributed by atoms with Gasteiger partial charge in [0.05, 0.1) is 17.2 Å². The fourth-order valence-corrected chi connectivity index (χ4v) is 2.33. The van der Waals surface area contributed by atoms with Gasteiger partial charge in [-0.15, -0.1) is 0 Å². The minimum atomic E-state index is -0.512. The summed E-state index contributed by atoms with van der Waals surface area (Å²) in [7, 11) is 1.58. The molecule has 2 aromatic carbocycles. The van der Waals surface area contributed by atoms with E-state index < -0.39 is 5.97 Å². The number of halogens is 2. The van der Waals surface area contributed by atoms with Crippen molar-refractivity contribution < 1.29 is 14.3 Å². The van der Waals surface area contributed by atoms with Gasteiger partial charge in [0.15, 0.2) is 5.70 Å². The molecule has 0 aromatic heterocycles. The topological polar surface area (TPSA) is 47.9 Å². The molecule has 0 radical (unpaired) electrons. The molecule has 116 valence electrons. The van der Waals surface area contributed by atoms with Gasteiger partial charge in [0.25, 0.3) is 0 Å². The molecule has 0 amide bonds. The van der Waals surface area contributed by atoms with Gasteiger partial charge in [-0.05, 0) is 48.0 Å². The van der Waals surface area contributed by atoms with E-state index in [2.05, 4.69) is 4.99 Å². The molecule has 1 heterocycles. The first-order valence-corrected chi connectivity index (χ1v) is 7.44. The maximum atomic E-state index is 11.9. The SMILES string of the molecule is COc1ccc(C2=NC(=Cc3ccc(Cl)c(Cl)c3)C(=O)O2)cc1. The summed E-state index contributed by atoms with van der Waals surface area (Å²) in [5.41, 5.74) is 1.61. The molecular formula is C17H11Cl2NO3. The molecule has 0 aliphatic carbocycles. The summed E-state index contributed by atoms with van der Waals surface area (Å²) < 4.78 is 10.3. The predicted molar refractivity (Wildman–Crippen MR) is 90.1 cm³/mol. The first-order valence-electron chi connectivity index (χ1n) is 6.69. The standard InChI is InChI=1S/C17H11Cl2NO3/c1-22-12-5-3-11(4-6-12)16-20-15(17(21)23-16)9-10-2-7-13(18)14(19)8-10/h2-9H,1H3. The molecule has 0 atom stereocenters. The van der Waals surface area contributed by atoms with Crippen molar-refractivity contribution in [1.82, 2.24) is 0 Å². The van der Waals surface area contributed by atoms with Gasteiger partial charge in [-0.3, -0.25) is 0 Å². The molecule has 0 spiro atoms. The van der Waals surface area contributed by atoms with Gasteiger partial charge in [-0.2, -0.15) is 0 Å². The van der Waals surface area contributed by atoms with Crippen molar-refractivity contribution in [2.45, 2.75) is 0 Å². The number of methoxy groups -OCH3 is 1. The van der Waals surface area contributed by atoms with Crippen LogP contribution < -0.4 is 4.74 Å². The van der Waals surface area contributed by atoms with E-state index in [4.69, 9.17) is 32.7 Å². The van der Waals surface area contributed by atoms with Crippen LogP contribution in [-0.4, -0.2) is 19.0 Å². The second kappa shape index (κ2) is 6.44. The number of cyclic esters (lactones) is 1. The Hall–Kier alpha value is -2.30. The molecule has 23 heavy (non-hydrogen) atoms. The van der Waals surface area contributed by atoms with Crippen LogP contribution in [0.3, 0.4) is 0 Å². The summed E-state index contributed by atoms with van der Waals surface area (Å²) in [5.74, 6) is 0.455. The van der Waals surface area contributed by atoms with Crippen LogP contribution in [0.25, 0.3) is 6.08 Å². The predicted octanol–water partition coefficient (Wildman–Crippen LogP) is 4.35. The number of carbonyl (C=O) groups is 1. The van der Waals surface area contributed by atoms with Crippen LogP contribution in [0.4, 0.5) is 0 Å². The second-order valence-corrected chi connectivity index (χ2v) is 5.55. The monoisotopic (exact) mass is 347 g/mol. The van der Waals surface area contributed by atoms with Gasteiger partial charge in [0, 0.05) is 5.56 Å². The van der Waals surface area contributed by atoms with Crippen LogP contribution >= 0.6 is 23.2 Å². The molecule has 0 fully saturated rings. The third kappa shape index (κ3) is 3.38. The quantitative estimate of drug-likeness (QED) is 0.612. The van der Waals surface area contributed by atoms with Crippen molar-refractivity contribution in [2.75, 3.05) is 7.11 Å². The van der Waals surface area contributed by atoms with E-state index in [1.165, 1.54) is 0 Å². The van der Waals surface area contributed by atoms with Crippen molar-refractivity contribution in [3.05, 3.63) is 69.3 Å². The number of esters is 1. The first kappa shape index (κ1) is 15.6. The van der Waals surface area contributed by atoms with Crippen LogP contribution in [0.5, 0.6) is 5.75 Å². The summed E-state index contributed by atoms with van der Waals surface area (Å²) in [6.45, 7) is 0. The first-order chi connectivity index (χ1) is 11.1. The number of hydrogen-bond acceptors (Lipinski definition) is 4. The van der Waals surface area contributed by atoms with Crippen LogP contribution in [0.2, 0.25) is 10.0 Å². The van der Waals surface area contributed by atoms with E-state index >= 15 is 0 Å². The Bertz CT molecular complexity index is 826. The molecular weight excluding hydrogens is 337 g/mol. The Morgan fingerprint density at radius 1 is 1.09 bits per heavy atom. The van der Waals surface area contributed by atoms with Gasteiger partial charge in [-0.1, -0.05) is 29.3 Å². The molecule has 0 bridgehead atoms. The molecule has 0 unspecified atom stereocenters. The number of carbonyl (C=O) groups excluding carboxylic acids is 1. The average Bonchev–Trinajstić information content (AvgIpc) is 2.92. The zero-order valence-corrected chi connectivity index (χ0v) is 13.6. The maximum absolute atomic E-state index is 11.9. The fraction of sp³-hybridized carbons (Fsp3) is 0.0588. The van der Waals surface area contributed by atoms with E-state index in [1.54, 1.807) is 55.7 Å². The van der Waals surface area contributed by atoms with Crippen LogP contribution in [0, 0.1) is 0 Å².